The Morgan fingerprint density at radius 1 is 1.50 bits per heavy atom. The Labute approximate surface area is 59.7 Å². The van der Waals surface area contributed by atoms with Crippen molar-refractivity contribution in [3.8, 4) is 0 Å². The van der Waals surface area contributed by atoms with Crippen molar-refractivity contribution in [1.29, 1.82) is 0 Å². The first-order valence-electron chi connectivity index (χ1n) is 3.28. The quantitative estimate of drug-likeness (QED) is 0.599. The fraction of sp³-hybridized carbons (Fsp3) is 0.250. The molecule has 54 valence electrons. The van der Waals surface area contributed by atoms with Crippen LogP contribution in [-0.2, 0) is 6.54 Å². The summed E-state index contributed by atoms with van der Waals surface area (Å²) in [6.45, 7) is 2.40. The van der Waals surface area contributed by atoms with E-state index in [2.05, 4.69) is 5.73 Å². The van der Waals surface area contributed by atoms with Crippen molar-refractivity contribution < 1.29 is 10.1 Å². The second-order valence-electron chi connectivity index (χ2n) is 2.33. The van der Waals surface area contributed by atoms with Crippen LogP contribution in [0.1, 0.15) is 11.1 Å². The lowest BCUT2D eigenvalue weighted by Crippen LogP contribution is -2.47. The lowest BCUT2D eigenvalue weighted by molar-refractivity contribution is -0.386. The average Bonchev–Trinajstić information content (AvgIpc) is 1.95. The third-order valence-corrected chi connectivity index (χ3v) is 1.52. The monoisotopic (exact) mass is 140 g/mol. The van der Waals surface area contributed by atoms with Gasteiger partial charge in [0, 0.05) is 5.56 Å². The maximum atomic E-state index is 12.7. The van der Waals surface area contributed by atoms with E-state index in [-0.39, 0.29) is 5.82 Å². The van der Waals surface area contributed by atoms with Crippen LogP contribution in [0.25, 0.3) is 0 Å². The summed E-state index contributed by atoms with van der Waals surface area (Å²) in [5.74, 6) is -0.138. The summed E-state index contributed by atoms with van der Waals surface area (Å²) in [5, 5.41) is 0. The summed E-state index contributed by atoms with van der Waals surface area (Å²) in [6.07, 6.45) is 0. The van der Waals surface area contributed by atoms with E-state index in [0.717, 1.165) is 5.56 Å². The molecule has 0 radical (unpaired) electrons. The number of rotatable bonds is 1. The van der Waals surface area contributed by atoms with E-state index in [4.69, 9.17) is 0 Å². The van der Waals surface area contributed by atoms with Gasteiger partial charge in [0.1, 0.15) is 5.82 Å². The predicted molar refractivity (Wildman–Crippen MR) is 37.7 cm³/mol. The van der Waals surface area contributed by atoms with Crippen LogP contribution in [0.5, 0.6) is 0 Å². The van der Waals surface area contributed by atoms with Gasteiger partial charge in [0.05, 0.1) is 6.54 Å². The molecule has 0 bridgehead atoms. The molecular formula is C8H11FN+. The summed E-state index contributed by atoms with van der Waals surface area (Å²) in [5.41, 5.74) is 5.30. The van der Waals surface area contributed by atoms with Crippen molar-refractivity contribution in [3.05, 3.63) is 35.1 Å². The van der Waals surface area contributed by atoms with Crippen LogP contribution < -0.4 is 5.73 Å². The second kappa shape index (κ2) is 2.80. The lowest BCUT2D eigenvalue weighted by Gasteiger charge is -1.96. The number of aryl methyl sites for hydroxylation is 1. The van der Waals surface area contributed by atoms with Crippen molar-refractivity contribution in [2.45, 2.75) is 13.5 Å². The number of hydrogen-bond acceptors (Lipinski definition) is 0. The fourth-order valence-corrected chi connectivity index (χ4v) is 0.792. The summed E-state index contributed by atoms with van der Waals surface area (Å²) in [4.78, 5) is 0. The molecule has 0 aliphatic heterocycles. The molecule has 0 atom stereocenters. The molecule has 1 aromatic carbocycles. The number of halogens is 1. The molecule has 0 aromatic heterocycles. The predicted octanol–water partition coefficient (Wildman–Crippen LogP) is 0.876. The summed E-state index contributed by atoms with van der Waals surface area (Å²) < 4.78 is 12.7. The Hall–Kier alpha value is -0.890. The van der Waals surface area contributed by atoms with Crippen molar-refractivity contribution in [3.63, 3.8) is 0 Å². The van der Waals surface area contributed by atoms with Crippen LogP contribution in [0, 0.1) is 12.7 Å². The van der Waals surface area contributed by atoms with Crippen LogP contribution in [0.2, 0.25) is 0 Å². The van der Waals surface area contributed by atoms with E-state index in [9.17, 15) is 4.39 Å². The zero-order valence-corrected chi connectivity index (χ0v) is 6.02. The molecule has 1 rings (SSSR count). The summed E-state index contributed by atoms with van der Waals surface area (Å²) >= 11 is 0. The van der Waals surface area contributed by atoms with Gasteiger partial charge in [0.15, 0.2) is 0 Å². The molecule has 0 aliphatic rings. The topological polar surface area (TPSA) is 27.6 Å². The fourth-order valence-electron chi connectivity index (χ4n) is 0.792. The Kier molecular flexibility index (Phi) is 2.02. The van der Waals surface area contributed by atoms with E-state index in [1.165, 1.54) is 6.07 Å². The van der Waals surface area contributed by atoms with Gasteiger partial charge in [-0.1, -0.05) is 12.1 Å². The Bertz CT molecular complexity index is 233. The molecule has 0 aliphatic carbocycles. The van der Waals surface area contributed by atoms with Gasteiger partial charge in [-0.3, -0.25) is 0 Å². The molecule has 0 spiro atoms. The van der Waals surface area contributed by atoms with E-state index in [1.807, 2.05) is 6.07 Å². The average molecular weight is 140 g/mol. The van der Waals surface area contributed by atoms with Crippen molar-refractivity contribution in [2.24, 2.45) is 0 Å². The van der Waals surface area contributed by atoms with Gasteiger partial charge >= 0.3 is 0 Å². The maximum Gasteiger partial charge on any atom is 0.126 e. The number of quaternary nitrogens is 1. The normalized spacial score (nSPS) is 9.90. The molecule has 0 fully saturated rings. The van der Waals surface area contributed by atoms with Gasteiger partial charge in [-0.15, -0.1) is 0 Å². The highest BCUT2D eigenvalue weighted by molar-refractivity contribution is 5.22. The third-order valence-electron chi connectivity index (χ3n) is 1.52. The first-order chi connectivity index (χ1) is 4.74. The molecule has 1 nitrogen and oxygen atoms in total. The molecule has 3 N–H and O–H groups in total. The van der Waals surface area contributed by atoms with Crippen LogP contribution in [0.15, 0.2) is 18.2 Å². The van der Waals surface area contributed by atoms with Crippen LogP contribution in [0.3, 0.4) is 0 Å². The largest absolute Gasteiger partial charge is 0.354 e. The number of benzene rings is 1. The van der Waals surface area contributed by atoms with Gasteiger partial charge < -0.3 is 5.73 Å². The van der Waals surface area contributed by atoms with Crippen LogP contribution >= 0.6 is 0 Å². The molecule has 10 heavy (non-hydrogen) atoms. The second-order valence-corrected chi connectivity index (χ2v) is 2.33. The maximum absolute atomic E-state index is 12.7. The Morgan fingerprint density at radius 3 is 2.70 bits per heavy atom. The smallest absolute Gasteiger partial charge is 0.126 e. The zero-order chi connectivity index (χ0) is 7.56. The van der Waals surface area contributed by atoms with Gasteiger partial charge in [-0.05, 0) is 18.6 Å². The molecule has 1 aromatic rings. The SMILES string of the molecule is Cc1ccc(C[NH3+])cc1F. The minimum atomic E-state index is -0.138. The van der Waals surface area contributed by atoms with E-state index in [0.29, 0.717) is 12.1 Å². The molecule has 0 amide bonds. The molecule has 0 heterocycles. The highest BCUT2D eigenvalue weighted by Gasteiger charge is 1.97. The number of hydrogen-bond donors (Lipinski definition) is 1. The van der Waals surface area contributed by atoms with Crippen molar-refractivity contribution >= 4 is 0 Å². The minimum absolute atomic E-state index is 0.138. The van der Waals surface area contributed by atoms with E-state index in [1.54, 1.807) is 13.0 Å². The zero-order valence-electron chi connectivity index (χ0n) is 6.02. The van der Waals surface area contributed by atoms with Gasteiger partial charge in [-0.2, -0.15) is 0 Å². The highest BCUT2D eigenvalue weighted by Crippen LogP contribution is 2.07. The lowest BCUT2D eigenvalue weighted by atomic mass is 10.1. The molecule has 2 heteroatoms. The molecule has 0 unspecified atom stereocenters. The van der Waals surface area contributed by atoms with Gasteiger partial charge in [0.25, 0.3) is 0 Å². The van der Waals surface area contributed by atoms with Crippen molar-refractivity contribution in [2.75, 3.05) is 0 Å². The molecule has 0 saturated heterocycles. The summed E-state index contributed by atoms with van der Waals surface area (Å²) in [6, 6.07) is 5.20. The minimum Gasteiger partial charge on any atom is -0.354 e. The molecular weight excluding hydrogens is 129 g/mol. The Morgan fingerprint density at radius 2 is 2.20 bits per heavy atom. The van der Waals surface area contributed by atoms with E-state index >= 15 is 0 Å². The molecule has 0 saturated carbocycles. The Balaban J connectivity index is 3.04. The highest BCUT2D eigenvalue weighted by atomic mass is 19.1. The third kappa shape index (κ3) is 1.33. The van der Waals surface area contributed by atoms with Gasteiger partial charge in [0.2, 0.25) is 0 Å². The standard InChI is InChI=1S/C8H10FN/c1-6-2-3-7(5-10)4-8(6)9/h2-4H,5,10H2,1H3/p+1. The first-order valence-corrected chi connectivity index (χ1v) is 3.28. The first kappa shape index (κ1) is 7.22. The van der Waals surface area contributed by atoms with Crippen LogP contribution in [-0.4, -0.2) is 0 Å². The van der Waals surface area contributed by atoms with Crippen LogP contribution in [0.4, 0.5) is 4.39 Å². The van der Waals surface area contributed by atoms with Gasteiger partial charge in [-0.25, -0.2) is 4.39 Å². The summed E-state index contributed by atoms with van der Waals surface area (Å²) in [7, 11) is 0. The van der Waals surface area contributed by atoms with Crippen molar-refractivity contribution in [1.82, 2.24) is 0 Å². The van der Waals surface area contributed by atoms with E-state index < -0.39 is 0 Å².